The number of aromatic nitrogens is 2. The van der Waals surface area contributed by atoms with E-state index < -0.39 is 0 Å². The van der Waals surface area contributed by atoms with E-state index in [9.17, 15) is 4.79 Å². The maximum Gasteiger partial charge on any atom is 0.264 e. The molecule has 21 heavy (non-hydrogen) atoms. The summed E-state index contributed by atoms with van der Waals surface area (Å²) in [4.78, 5) is 11.7. The Morgan fingerprint density at radius 3 is 2.67 bits per heavy atom. The molecule has 0 saturated heterocycles. The van der Waals surface area contributed by atoms with Gasteiger partial charge in [0, 0.05) is 5.92 Å². The lowest BCUT2D eigenvalue weighted by Crippen LogP contribution is -2.20. The molecule has 0 atom stereocenters. The highest BCUT2D eigenvalue weighted by Crippen LogP contribution is 2.22. The average Bonchev–Trinajstić information content (AvgIpc) is 2.94. The highest BCUT2D eigenvalue weighted by atomic mass is 32.1. The van der Waals surface area contributed by atoms with Crippen LogP contribution in [0.5, 0.6) is 5.75 Å². The van der Waals surface area contributed by atoms with Crippen LogP contribution < -0.4 is 10.1 Å². The predicted molar refractivity (Wildman–Crippen MR) is 79.3 cm³/mol. The number of hydrogen-bond acceptors (Lipinski definition) is 6. The fourth-order valence-corrected chi connectivity index (χ4v) is 2.21. The fourth-order valence-electron chi connectivity index (χ4n) is 1.45. The second kappa shape index (κ2) is 6.81. The van der Waals surface area contributed by atoms with E-state index in [0.717, 1.165) is 5.01 Å². The molecule has 0 aliphatic carbocycles. The first kappa shape index (κ1) is 14.9. The third-order valence-corrected chi connectivity index (χ3v) is 3.67. The van der Waals surface area contributed by atoms with E-state index in [1.807, 2.05) is 19.9 Å². The van der Waals surface area contributed by atoms with Gasteiger partial charge in [0.05, 0.1) is 11.6 Å². The Kier molecular flexibility index (Phi) is 4.85. The van der Waals surface area contributed by atoms with E-state index in [1.54, 1.807) is 24.3 Å². The number of rotatable bonds is 5. The van der Waals surface area contributed by atoms with Crippen LogP contribution in [-0.2, 0) is 4.79 Å². The molecular weight excluding hydrogens is 288 g/mol. The van der Waals surface area contributed by atoms with Gasteiger partial charge in [0.1, 0.15) is 10.8 Å². The smallest absolute Gasteiger partial charge is 0.264 e. The number of nitriles is 1. The Morgan fingerprint density at radius 2 is 2.10 bits per heavy atom. The van der Waals surface area contributed by atoms with Crippen molar-refractivity contribution in [1.82, 2.24) is 10.2 Å². The molecule has 0 fully saturated rings. The van der Waals surface area contributed by atoms with Crippen molar-refractivity contribution in [2.75, 3.05) is 11.9 Å². The zero-order valence-corrected chi connectivity index (χ0v) is 12.5. The lowest BCUT2D eigenvalue weighted by Gasteiger charge is -2.05. The molecule has 6 nitrogen and oxygen atoms in total. The van der Waals surface area contributed by atoms with Gasteiger partial charge < -0.3 is 4.74 Å². The molecule has 0 aliphatic rings. The number of benzene rings is 1. The first-order valence-electron chi connectivity index (χ1n) is 6.34. The predicted octanol–water partition coefficient (Wildman–Crippen LogP) is 2.55. The number of nitrogens with zero attached hydrogens (tertiary/aromatic N) is 3. The van der Waals surface area contributed by atoms with Crippen LogP contribution in [-0.4, -0.2) is 22.7 Å². The number of carbonyl (C=O) groups excluding carboxylic acids is 1. The first-order chi connectivity index (χ1) is 10.1. The number of hydrogen-bond donors (Lipinski definition) is 1. The minimum absolute atomic E-state index is 0.123. The zero-order chi connectivity index (χ0) is 15.2. The molecule has 108 valence electrons. The molecule has 0 unspecified atom stereocenters. The second-order valence-corrected chi connectivity index (χ2v) is 5.58. The standard InChI is InChI=1S/C14H14N4O2S/c1-9(2)13-17-18-14(21-13)16-12(19)8-20-11-5-3-10(7-15)4-6-11/h3-6,9H,8H2,1-2H3,(H,16,18,19). The molecule has 2 rings (SSSR count). The Labute approximate surface area is 126 Å². The molecular formula is C14H14N4O2S. The van der Waals surface area contributed by atoms with Crippen LogP contribution in [0.25, 0.3) is 0 Å². The van der Waals surface area contributed by atoms with Crippen LogP contribution in [0.2, 0.25) is 0 Å². The van der Waals surface area contributed by atoms with Gasteiger partial charge in [0.25, 0.3) is 5.91 Å². The molecule has 0 saturated carbocycles. The summed E-state index contributed by atoms with van der Waals surface area (Å²) >= 11 is 1.35. The summed E-state index contributed by atoms with van der Waals surface area (Å²) in [6.45, 7) is 3.91. The molecule has 0 radical (unpaired) electrons. The largest absolute Gasteiger partial charge is 0.484 e. The zero-order valence-electron chi connectivity index (χ0n) is 11.7. The van der Waals surface area contributed by atoms with Gasteiger partial charge in [-0.3, -0.25) is 10.1 Å². The van der Waals surface area contributed by atoms with E-state index in [-0.39, 0.29) is 18.4 Å². The summed E-state index contributed by atoms with van der Waals surface area (Å²) in [7, 11) is 0. The Balaban J connectivity index is 1.85. The average molecular weight is 302 g/mol. The van der Waals surface area contributed by atoms with Gasteiger partial charge in [0.15, 0.2) is 6.61 Å². The number of nitrogens with one attached hydrogen (secondary N) is 1. The molecule has 1 aromatic heterocycles. The van der Waals surface area contributed by atoms with Crippen molar-refractivity contribution in [1.29, 1.82) is 5.26 Å². The van der Waals surface area contributed by atoms with Crippen LogP contribution in [0.15, 0.2) is 24.3 Å². The second-order valence-electron chi connectivity index (χ2n) is 4.57. The molecule has 1 aromatic carbocycles. The molecule has 1 amide bonds. The molecule has 0 aliphatic heterocycles. The maximum absolute atomic E-state index is 11.7. The summed E-state index contributed by atoms with van der Waals surface area (Å²) in [6.07, 6.45) is 0. The number of amides is 1. The Hall–Kier alpha value is -2.46. The molecule has 7 heteroatoms. The van der Waals surface area contributed by atoms with Gasteiger partial charge in [-0.1, -0.05) is 25.2 Å². The van der Waals surface area contributed by atoms with Gasteiger partial charge in [-0.15, -0.1) is 10.2 Å². The molecule has 2 aromatic rings. The summed E-state index contributed by atoms with van der Waals surface area (Å²) in [5, 5.41) is 20.6. The van der Waals surface area contributed by atoms with Gasteiger partial charge in [-0.2, -0.15) is 5.26 Å². The van der Waals surface area contributed by atoms with Crippen molar-refractivity contribution in [3.05, 3.63) is 34.8 Å². The highest BCUT2D eigenvalue weighted by Gasteiger charge is 2.10. The minimum atomic E-state index is -0.300. The molecule has 0 bridgehead atoms. The molecule has 1 N–H and O–H groups in total. The fraction of sp³-hybridized carbons (Fsp3) is 0.286. The van der Waals surface area contributed by atoms with E-state index in [2.05, 4.69) is 15.5 Å². The normalized spacial score (nSPS) is 10.2. The quantitative estimate of drug-likeness (QED) is 0.917. The van der Waals surface area contributed by atoms with E-state index >= 15 is 0 Å². The summed E-state index contributed by atoms with van der Waals surface area (Å²) < 4.78 is 5.33. The number of ether oxygens (including phenoxy) is 1. The van der Waals surface area contributed by atoms with E-state index in [1.165, 1.54) is 11.3 Å². The van der Waals surface area contributed by atoms with Gasteiger partial charge in [-0.05, 0) is 24.3 Å². The lowest BCUT2D eigenvalue weighted by atomic mass is 10.2. The Morgan fingerprint density at radius 1 is 1.38 bits per heavy atom. The summed E-state index contributed by atoms with van der Waals surface area (Å²) in [5.74, 6) is 0.512. The lowest BCUT2D eigenvalue weighted by molar-refractivity contribution is -0.118. The van der Waals surface area contributed by atoms with Crippen molar-refractivity contribution < 1.29 is 9.53 Å². The molecule has 0 spiro atoms. The van der Waals surface area contributed by atoms with Gasteiger partial charge in [0.2, 0.25) is 5.13 Å². The van der Waals surface area contributed by atoms with Crippen LogP contribution in [0.1, 0.15) is 30.3 Å². The SMILES string of the molecule is CC(C)c1nnc(NC(=O)COc2ccc(C#N)cc2)s1. The van der Waals surface area contributed by atoms with Crippen molar-refractivity contribution in [2.45, 2.75) is 19.8 Å². The summed E-state index contributed by atoms with van der Waals surface area (Å²) in [6, 6.07) is 8.57. The first-order valence-corrected chi connectivity index (χ1v) is 7.16. The third-order valence-electron chi connectivity index (χ3n) is 2.53. The Bertz CT molecular complexity index is 658. The van der Waals surface area contributed by atoms with Crippen LogP contribution in [0.3, 0.4) is 0 Å². The number of carbonyl (C=O) groups is 1. The third kappa shape index (κ3) is 4.26. The van der Waals surface area contributed by atoms with Gasteiger partial charge >= 0.3 is 0 Å². The molecule has 1 heterocycles. The van der Waals surface area contributed by atoms with Crippen LogP contribution >= 0.6 is 11.3 Å². The van der Waals surface area contributed by atoms with E-state index in [4.69, 9.17) is 10.00 Å². The minimum Gasteiger partial charge on any atom is -0.484 e. The van der Waals surface area contributed by atoms with Crippen molar-refractivity contribution in [3.63, 3.8) is 0 Å². The monoisotopic (exact) mass is 302 g/mol. The summed E-state index contributed by atoms with van der Waals surface area (Å²) in [5.41, 5.74) is 0.543. The van der Waals surface area contributed by atoms with Crippen molar-refractivity contribution in [2.24, 2.45) is 0 Å². The topological polar surface area (TPSA) is 87.9 Å². The highest BCUT2D eigenvalue weighted by molar-refractivity contribution is 7.15. The van der Waals surface area contributed by atoms with E-state index in [0.29, 0.717) is 16.4 Å². The number of anilines is 1. The van der Waals surface area contributed by atoms with Crippen LogP contribution in [0, 0.1) is 11.3 Å². The van der Waals surface area contributed by atoms with Crippen molar-refractivity contribution in [3.8, 4) is 11.8 Å². The van der Waals surface area contributed by atoms with Crippen molar-refractivity contribution >= 4 is 22.4 Å². The van der Waals surface area contributed by atoms with Crippen LogP contribution in [0.4, 0.5) is 5.13 Å². The maximum atomic E-state index is 11.7. The van der Waals surface area contributed by atoms with Gasteiger partial charge in [-0.25, -0.2) is 0 Å².